The number of hydrogen-bond donors (Lipinski definition) is 1. The zero-order chi connectivity index (χ0) is 15.7. The van der Waals surface area contributed by atoms with Crippen LogP contribution >= 0.6 is 11.8 Å². The molecule has 0 amide bonds. The molecular weight excluding hydrogens is 295 g/mol. The Morgan fingerprint density at radius 2 is 1.76 bits per heavy atom. The van der Waals surface area contributed by atoms with Gasteiger partial charge in [0.15, 0.2) is 0 Å². The van der Waals surface area contributed by atoms with Crippen molar-refractivity contribution < 1.29 is 13.2 Å². The summed E-state index contributed by atoms with van der Waals surface area (Å²) in [5.74, 6) is -0.404. The highest BCUT2D eigenvalue weighted by Gasteiger charge is 2.50. The van der Waals surface area contributed by atoms with Crippen molar-refractivity contribution in [1.82, 2.24) is 0 Å². The van der Waals surface area contributed by atoms with Crippen LogP contribution in [0.4, 0.5) is 13.2 Å². The van der Waals surface area contributed by atoms with Crippen LogP contribution in [-0.2, 0) is 0 Å². The molecule has 2 rings (SSSR count). The number of thioether (sulfide) groups is 1. The molecular formula is C16H22F3NS. The van der Waals surface area contributed by atoms with Crippen molar-refractivity contribution in [3.8, 4) is 0 Å². The van der Waals surface area contributed by atoms with Gasteiger partial charge < -0.3 is 5.73 Å². The van der Waals surface area contributed by atoms with Crippen LogP contribution in [0.15, 0.2) is 29.2 Å². The fourth-order valence-electron chi connectivity index (χ4n) is 3.52. The van der Waals surface area contributed by atoms with Gasteiger partial charge >= 0.3 is 6.18 Å². The van der Waals surface area contributed by atoms with Gasteiger partial charge in [-0.25, -0.2) is 0 Å². The van der Waals surface area contributed by atoms with Crippen molar-refractivity contribution in [3.63, 3.8) is 0 Å². The van der Waals surface area contributed by atoms with E-state index in [9.17, 15) is 13.2 Å². The van der Waals surface area contributed by atoms with E-state index in [2.05, 4.69) is 13.8 Å². The van der Waals surface area contributed by atoms with E-state index in [-0.39, 0.29) is 11.5 Å². The first-order chi connectivity index (χ1) is 9.82. The van der Waals surface area contributed by atoms with Crippen LogP contribution in [0.25, 0.3) is 0 Å². The first kappa shape index (κ1) is 16.7. The maximum atomic E-state index is 12.2. The summed E-state index contributed by atoms with van der Waals surface area (Å²) in [5.41, 5.74) is 7.56. The molecule has 0 bridgehead atoms. The van der Waals surface area contributed by atoms with Gasteiger partial charge in [0.25, 0.3) is 0 Å². The van der Waals surface area contributed by atoms with Gasteiger partial charge in [0.2, 0.25) is 0 Å². The normalized spacial score (nSPS) is 24.7. The molecule has 5 heteroatoms. The van der Waals surface area contributed by atoms with Gasteiger partial charge in [0.05, 0.1) is 5.75 Å². The summed E-state index contributed by atoms with van der Waals surface area (Å²) in [5, 5.41) is 0. The Balaban J connectivity index is 2.06. The predicted molar refractivity (Wildman–Crippen MR) is 81.6 cm³/mol. The molecule has 1 aliphatic rings. The number of halogens is 3. The highest BCUT2D eigenvalue weighted by molar-refractivity contribution is 7.99. The molecule has 1 aromatic carbocycles. The van der Waals surface area contributed by atoms with Crippen molar-refractivity contribution in [1.29, 1.82) is 0 Å². The summed E-state index contributed by atoms with van der Waals surface area (Å²) in [6.45, 7) is 4.34. The minimum atomic E-state index is -4.12. The Bertz CT molecular complexity index is 465. The summed E-state index contributed by atoms with van der Waals surface area (Å²) >= 11 is 0.836. The van der Waals surface area contributed by atoms with Crippen molar-refractivity contribution in [3.05, 3.63) is 29.8 Å². The highest BCUT2D eigenvalue weighted by atomic mass is 32.2. The van der Waals surface area contributed by atoms with Crippen molar-refractivity contribution in [2.45, 2.75) is 56.1 Å². The molecule has 21 heavy (non-hydrogen) atoms. The first-order valence-electron chi connectivity index (χ1n) is 7.37. The molecule has 0 heterocycles. The maximum absolute atomic E-state index is 12.2. The molecule has 1 nitrogen and oxygen atoms in total. The number of nitrogens with two attached hydrogens (primary N) is 1. The van der Waals surface area contributed by atoms with Gasteiger partial charge in [-0.05, 0) is 48.3 Å². The van der Waals surface area contributed by atoms with Gasteiger partial charge in [0, 0.05) is 10.9 Å². The van der Waals surface area contributed by atoms with E-state index < -0.39 is 11.9 Å². The van der Waals surface area contributed by atoms with Gasteiger partial charge in [-0.3, -0.25) is 0 Å². The monoisotopic (exact) mass is 317 g/mol. The van der Waals surface area contributed by atoms with E-state index in [0.29, 0.717) is 10.8 Å². The van der Waals surface area contributed by atoms with E-state index in [1.807, 2.05) is 12.1 Å². The molecule has 2 N–H and O–H groups in total. The summed E-state index contributed by atoms with van der Waals surface area (Å²) < 4.78 is 36.6. The molecule has 0 aromatic heterocycles. The highest BCUT2D eigenvalue weighted by Crippen LogP contribution is 2.56. The van der Waals surface area contributed by atoms with Gasteiger partial charge in [0.1, 0.15) is 0 Å². The van der Waals surface area contributed by atoms with E-state index in [1.165, 1.54) is 5.56 Å². The molecule has 118 valence electrons. The number of benzene rings is 1. The van der Waals surface area contributed by atoms with Crippen LogP contribution in [0.1, 0.15) is 44.6 Å². The largest absolute Gasteiger partial charge is 0.398 e. The Morgan fingerprint density at radius 1 is 1.19 bits per heavy atom. The topological polar surface area (TPSA) is 26.0 Å². The minimum Gasteiger partial charge on any atom is -0.327 e. The van der Waals surface area contributed by atoms with E-state index in [4.69, 9.17) is 5.73 Å². The lowest BCUT2D eigenvalue weighted by atomic mass is 9.52. The van der Waals surface area contributed by atoms with Crippen molar-refractivity contribution in [2.75, 3.05) is 5.75 Å². The number of rotatable bonds is 5. The molecule has 0 spiro atoms. The third kappa shape index (κ3) is 3.39. The molecule has 1 aromatic rings. The van der Waals surface area contributed by atoms with E-state index in [0.717, 1.165) is 31.0 Å². The molecule has 1 aliphatic carbocycles. The summed E-state index contributed by atoms with van der Waals surface area (Å²) in [7, 11) is 0. The van der Waals surface area contributed by atoms with Crippen LogP contribution in [0, 0.1) is 5.41 Å². The van der Waals surface area contributed by atoms with Crippen molar-refractivity contribution in [2.24, 2.45) is 11.1 Å². The average Bonchev–Trinajstić information content (AvgIpc) is 2.44. The quantitative estimate of drug-likeness (QED) is 0.777. The molecule has 0 saturated heterocycles. The lowest BCUT2D eigenvalue weighted by Crippen LogP contribution is -2.55. The molecule has 1 fully saturated rings. The Morgan fingerprint density at radius 3 is 2.19 bits per heavy atom. The third-order valence-corrected chi connectivity index (χ3v) is 6.00. The Hall–Kier alpha value is -0.680. The third-order valence-electron chi connectivity index (χ3n) is 4.92. The van der Waals surface area contributed by atoms with Gasteiger partial charge in [-0.2, -0.15) is 13.2 Å². The van der Waals surface area contributed by atoms with E-state index in [1.54, 1.807) is 12.1 Å². The number of alkyl halides is 3. The first-order valence-corrected chi connectivity index (χ1v) is 8.36. The van der Waals surface area contributed by atoms with Crippen LogP contribution in [-0.4, -0.2) is 18.0 Å². The van der Waals surface area contributed by atoms with E-state index >= 15 is 0 Å². The fraction of sp³-hybridized carbons (Fsp3) is 0.625. The van der Waals surface area contributed by atoms with Crippen LogP contribution in [0.5, 0.6) is 0 Å². The second-order valence-electron chi connectivity index (χ2n) is 5.81. The zero-order valence-electron chi connectivity index (χ0n) is 12.4. The fourth-order valence-corrected chi connectivity index (χ4v) is 4.18. The van der Waals surface area contributed by atoms with Crippen LogP contribution < -0.4 is 5.73 Å². The average molecular weight is 317 g/mol. The SMILES string of the molecule is CCC1(CC)C(N)CC1c1ccc(SCC(F)(F)F)cc1. The lowest BCUT2D eigenvalue weighted by molar-refractivity contribution is -0.105. The predicted octanol–water partition coefficient (Wildman–Crippen LogP) is 4.96. The molecule has 1 saturated carbocycles. The standard InChI is InChI=1S/C16H22F3NS/c1-3-15(4-2)13(9-14(15)20)11-5-7-12(8-6-11)21-10-16(17,18)19/h5-8,13-14H,3-4,9-10,20H2,1-2H3. The lowest BCUT2D eigenvalue weighted by Gasteiger charge is -2.55. The summed E-state index contributed by atoms with van der Waals surface area (Å²) in [6, 6.07) is 7.76. The summed E-state index contributed by atoms with van der Waals surface area (Å²) in [6.07, 6.45) is -1.07. The minimum absolute atomic E-state index is 0.153. The van der Waals surface area contributed by atoms with Gasteiger partial charge in [-0.15, -0.1) is 11.8 Å². The second kappa shape index (κ2) is 6.21. The maximum Gasteiger partial charge on any atom is 0.398 e. The van der Waals surface area contributed by atoms with Crippen LogP contribution in [0.2, 0.25) is 0 Å². The van der Waals surface area contributed by atoms with Crippen LogP contribution in [0.3, 0.4) is 0 Å². The smallest absolute Gasteiger partial charge is 0.327 e. The molecule has 2 unspecified atom stereocenters. The molecule has 0 radical (unpaired) electrons. The Labute approximate surface area is 128 Å². The Kier molecular flexibility index (Phi) is 4.93. The molecule has 2 atom stereocenters. The summed E-state index contributed by atoms with van der Waals surface area (Å²) in [4.78, 5) is 0.665. The molecule has 0 aliphatic heterocycles. The second-order valence-corrected chi connectivity index (χ2v) is 6.86. The number of hydrogen-bond acceptors (Lipinski definition) is 2. The van der Waals surface area contributed by atoms with Gasteiger partial charge in [-0.1, -0.05) is 26.0 Å². The zero-order valence-corrected chi connectivity index (χ0v) is 13.2. The van der Waals surface area contributed by atoms with Crippen molar-refractivity contribution >= 4 is 11.8 Å².